The molecule has 2 unspecified atom stereocenters. The third-order valence-electron chi connectivity index (χ3n) is 4.18. The fourth-order valence-corrected chi connectivity index (χ4v) is 3.33. The normalized spacial score (nSPS) is 24.0. The largest absolute Gasteiger partial charge is 0.365 e. The highest BCUT2D eigenvalue weighted by molar-refractivity contribution is 9.10. The molecule has 1 aliphatic rings. The molecule has 2 atom stereocenters. The predicted molar refractivity (Wildman–Crippen MR) is 86.9 cm³/mol. The Morgan fingerprint density at radius 3 is 2.79 bits per heavy atom. The van der Waals surface area contributed by atoms with Crippen LogP contribution in [0.5, 0.6) is 0 Å². The Balaban J connectivity index is 2.33. The Labute approximate surface area is 125 Å². The number of halogens is 1. The van der Waals surface area contributed by atoms with Crippen LogP contribution in [-0.2, 0) is 0 Å². The van der Waals surface area contributed by atoms with Crippen molar-refractivity contribution in [2.24, 2.45) is 5.92 Å². The van der Waals surface area contributed by atoms with Crippen LogP contribution in [0, 0.1) is 12.8 Å². The van der Waals surface area contributed by atoms with Gasteiger partial charge in [0.2, 0.25) is 0 Å². The van der Waals surface area contributed by atoms with E-state index >= 15 is 0 Å². The van der Waals surface area contributed by atoms with E-state index < -0.39 is 0 Å². The summed E-state index contributed by atoms with van der Waals surface area (Å²) in [7, 11) is 0. The van der Waals surface area contributed by atoms with Crippen LogP contribution < -0.4 is 10.2 Å². The van der Waals surface area contributed by atoms with Gasteiger partial charge < -0.3 is 10.2 Å². The van der Waals surface area contributed by atoms with Gasteiger partial charge in [-0.1, -0.05) is 32.9 Å². The lowest BCUT2D eigenvalue weighted by molar-refractivity contribution is 0.333. The summed E-state index contributed by atoms with van der Waals surface area (Å²) in [5.41, 5.74) is 2.66. The third kappa shape index (κ3) is 3.14. The molecule has 0 aliphatic carbocycles. The molecule has 1 aromatic carbocycles. The van der Waals surface area contributed by atoms with Gasteiger partial charge in [-0.05, 0) is 46.8 Å². The van der Waals surface area contributed by atoms with E-state index in [1.165, 1.54) is 22.1 Å². The first-order valence-corrected chi connectivity index (χ1v) is 8.09. The number of piperazine rings is 1. The van der Waals surface area contributed by atoms with Crippen LogP contribution in [0.4, 0.5) is 5.69 Å². The second kappa shape index (κ2) is 6.27. The van der Waals surface area contributed by atoms with Crippen molar-refractivity contribution in [3.05, 3.63) is 28.2 Å². The smallest absolute Gasteiger partial charge is 0.0516 e. The number of aryl methyl sites for hydroxylation is 1. The Morgan fingerprint density at radius 1 is 1.42 bits per heavy atom. The van der Waals surface area contributed by atoms with Crippen molar-refractivity contribution < 1.29 is 0 Å². The van der Waals surface area contributed by atoms with Crippen LogP contribution in [0.25, 0.3) is 0 Å². The molecule has 0 radical (unpaired) electrons. The second-order valence-corrected chi connectivity index (χ2v) is 6.68. The van der Waals surface area contributed by atoms with Crippen molar-refractivity contribution in [3.8, 4) is 0 Å². The van der Waals surface area contributed by atoms with Crippen LogP contribution in [0.15, 0.2) is 22.7 Å². The molecule has 1 N–H and O–H groups in total. The minimum absolute atomic E-state index is 0.570. The number of rotatable bonds is 3. The molecule has 0 bridgehead atoms. The predicted octanol–water partition coefficient (Wildman–Crippen LogP) is 3.97. The maximum absolute atomic E-state index is 3.77. The van der Waals surface area contributed by atoms with E-state index in [4.69, 9.17) is 0 Å². The van der Waals surface area contributed by atoms with Crippen molar-refractivity contribution in [1.29, 1.82) is 0 Å². The third-order valence-corrected chi connectivity index (χ3v) is 5.21. The molecule has 0 saturated carbocycles. The highest BCUT2D eigenvalue weighted by atomic mass is 79.9. The molecule has 19 heavy (non-hydrogen) atoms. The van der Waals surface area contributed by atoms with E-state index in [1.54, 1.807) is 0 Å². The van der Waals surface area contributed by atoms with Crippen molar-refractivity contribution in [2.45, 2.75) is 46.2 Å². The number of nitrogens with zero attached hydrogens (tertiary/aromatic N) is 1. The Kier molecular flexibility index (Phi) is 4.91. The summed E-state index contributed by atoms with van der Waals surface area (Å²) in [5, 5.41) is 3.68. The van der Waals surface area contributed by atoms with Crippen molar-refractivity contribution in [2.75, 3.05) is 18.0 Å². The summed E-state index contributed by atoms with van der Waals surface area (Å²) in [6.07, 6.45) is 1.19. The number of nitrogens with one attached hydrogen (secondary N) is 1. The van der Waals surface area contributed by atoms with Gasteiger partial charge in [-0.15, -0.1) is 0 Å². The van der Waals surface area contributed by atoms with Gasteiger partial charge in [0, 0.05) is 29.6 Å². The summed E-state index contributed by atoms with van der Waals surface area (Å²) in [6, 6.07) is 7.74. The summed E-state index contributed by atoms with van der Waals surface area (Å²) >= 11 is 3.77. The fourth-order valence-electron chi connectivity index (χ4n) is 2.83. The first-order chi connectivity index (χ1) is 9.04. The minimum atomic E-state index is 0.570. The van der Waals surface area contributed by atoms with Gasteiger partial charge >= 0.3 is 0 Å². The quantitative estimate of drug-likeness (QED) is 0.905. The molecule has 2 rings (SSSR count). The van der Waals surface area contributed by atoms with Gasteiger partial charge in [0.05, 0.1) is 5.69 Å². The first kappa shape index (κ1) is 14.9. The van der Waals surface area contributed by atoms with Gasteiger partial charge in [0.25, 0.3) is 0 Å². The van der Waals surface area contributed by atoms with Gasteiger partial charge in [-0.2, -0.15) is 0 Å². The van der Waals surface area contributed by atoms with Crippen LogP contribution in [-0.4, -0.2) is 25.2 Å². The van der Waals surface area contributed by atoms with E-state index in [2.05, 4.69) is 72.0 Å². The molecule has 1 fully saturated rings. The van der Waals surface area contributed by atoms with E-state index in [0.29, 0.717) is 18.0 Å². The molecule has 0 amide bonds. The molecule has 1 heterocycles. The van der Waals surface area contributed by atoms with Gasteiger partial charge in [-0.25, -0.2) is 0 Å². The second-order valence-electron chi connectivity index (χ2n) is 5.89. The summed E-state index contributed by atoms with van der Waals surface area (Å²) in [5.74, 6) is 0.651. The monoisotopic (exact) mass is 324 g/mol. The first-order valence-electron chi connectivity index (χ1n) is 7.29. The SMILES string of the molecule is CCC1CN(c2cccc(C)c2Br)C(C(C)C)CN1. The fraction of sp³-hybridized carbons (Fsp3) is 0.625. The molecular formula is C16H25BrN2. The summed E-state index contributed by atoms with van der Waals surface area (Å²) < 4.78 is 1.25. The Hall–Kier alpha value is -0.540. The lowest BCUT2D eigenvalue weighted by Gasteiger charge is -2.44. The average molecular weight is 325 g/mol. The molecule has 106 valence electrons. The van der Waals surface area contributed by atoms with Crippen molar-refractivity contribution in [1.82, 2.24) is 5.32 Å². The van der Waals surface area contributed by atoms with Crippen LogP contribution in [0.2, 0.25) is 0 Å². The highest BCUT2D eigenvalue weighted by Crippen LogP contribution is 2.33. The summed E-state index contributed by atoms with van der Waals surface area (Å²) in [4.78, 5) is 2.59. The van der Waals surface area contributed by atoms with E-state index in [0.717, 1.165) is 13.1 Å². The molecule has 1 aromatic rings. The van der Waals surface area contributed by atoms with Crippen molar-refractivity contribution >= 4 is 21.6 Å². The number of benzene rings is 1. The van der Waals surface area contributed by atoms with E-state index in [9.17, 15) is 0 Å². The molecule has 3 heteroatoms. The lowest BCUT2D eigenvalue weighted by Crippen LogP contribution is -2.58. The Bertz CT molecular complexity index is 431. The van der Waals surface area contributed by atoms with Gasteiger partial charge in [-0.3, -0.25) is 0 Å². The summed E-state index contributed by atoms with van der Waals surface area (Å²) in [6.45, 7) is 11.2. The Morgan fingerprint density at radius 2 is 2.16 bits per heavy atom. The van der Waals surface area contributed by atoms with Crippen LogP contribution in [0.1, 0.15) is 32.8 Å². The molecular weight excluding hydrogens is 300 g/mol. The van der Waals surface area contributed by atoms with Crippen LogP contribution >= 0.6 is 15.9 Å². The van der Waals surface area contributed by atoms with E-state index in [-0.39, 0.29) is 0 Å². The number of hydrogen-bond donors (Lipinski definition) is 1. The zero-order valence-corrected chi connectivity index (χ0v) is 14.0. The minimum Gasteiger partial charge on any atom is -0.365 e. The van der Waals surface area contributed by atoms with Crippen molar-refractivity contribution in [3.63, 3.8) is 0 Å². The van der Waals surface area contributed by atoms with Gasteiger partial charge in [0.1, 0.15) is 0 Å². The van der Waals surface area contributed by atoms with Gasteiger partial charge in [0.15, 0.2) is 0 Å². The number of anilines is 1. The standard InChI is InChI=1S/C16H25BrN2/c1-5-13-10-19(15(9-18-13)11(2)3)14-8-6-7-12(4)16(14)17/h6-8,11,13,15,18H,5,9-10H2,1-4H3. The molecule has 2 nitrogen and oxygen atoms in total. The zero-order chi connectivity index (χ0) is 14.0. The molecule has 0 spiro atoms. The maximum Gasteiger partial charge on any atom is 0.0516 e. The molecule has 1 saturated heterocycles. The molecule has 0 aromatic heterocycles. The number of hydrogen-bond acceptors (Lipinski definition) is 2. The zero-order valence-electron chi connectivity index (χ0n) is 12.4. The van der Waals surface area contributed by atoms with Crippen LogP contribution in [0.3, 0.4) is 0 Å². The highest BCUT2D eigenvalue weighted by Gasteiger charge is 2.30. The van der Waals surface area contributed by atoms with E-state index in [1.807, 2.05) is 0 Å². The average Bonchev–Trinajstić information content (AvgIpc) is 2.41. The topological polar surface area (TPSA) is 15.3 Å². The maximum atomic E-state index is 3.77. The lowest BCUT2D eigenvalue weighted by atomic mass is 9.96. The molecule has 1 aliphatic heterocycles.